The maximum absolute atomic E-state index is 12.3. The minimum Gasteiger partial charge on any atom is -0.297 e. The topological polar surface area (TPSA) is 75.9 Å². The van der Waals surface area contributed by atoms with Crippen LogP contribution in [0.2, 0.25) is 0 Å². The zero-order valence-corrected chi connectivity index (χ0v) is 13.6. The molecule has 0 radical (unpaired) electrons. The predicted octanol–water partition coefficient (Wildman–Crippen LogP) is 2.89. The van der Waals surface area contributed by atoms with Gasteiger partial charge in [-0.15, -0.1) is 16.4 Å². The molecular weight excluding hydrogens is 310 g/mol. The summed E-state index contributed by atoms with van der Waals surface area (Å²) in [5.41, 5.74) is 2.40. The fourth-order valence-electron chi connectivity index (χ4n) is 2.71. The van der Waals surface area contributed by atoms with Gasteiger partial charge in [0.2, 0.25) is 0 Å². The molecule has 4 aromatic heterocycles. The largest absolute Gasteiger partial charge is 0.349 e. The van der Waals surface area contributed by atoms with Gasteiger partial charge in [-0.2, -0.15) is 4.52 Å². The van der Waals surface area contributed by atoms with E-state index in [0.29, 0.717) is 17.4 Å². The van der Waals surface area contributed by atoms with Gasteiger partial charge in [0.1, 0.15) is 4.83 Å². The van der Waals surface area contributed by atoms with Gasteiger partial charge in [0, 0.05) is 18.0 Å². The number of hydrogen-bond acceptors (Lipinski definition) is 5. The summed E-state index contributed by atoms with van der Waals surface area (Å²) in [7, 11) is 0. The fourth-order valence-corrected chi connectivity index (χ4v) is 3.67. The molecule has 4 rings (SSSR count). The van der Waals surface area contributed by atoms with E-state index in [9.17, 15) is 4.79 Å². The third-order valence-corrected chi connectivity index (χ3v) is 4.62. The summed E-state index contributed by atoms with van der Waals surface area (Å²) in [4.78, 5) is 24.6. The van der Waals surface area contributed by atoms with Crippen molar-refractivity contribution in [2.24, 2.45) is 5.92 Å². The van der Waals surface area contributed by atoms with E-state index in [4.69, 9.17) is 0 Å². The molecule has 0 bridgehead atoms. The van der Waals surface area contributed by atoms with E-state index in [1.807, 2.05) is 12.1 Å². The molecule has 0 saturated heterocycles. The molecule has 23 heavy (non-hydrogen) atoms. The Balaban J connectivity index is 2.02. The zero-order chi connectivity index (χ0) is 16.0. The first-order valence-electron chi connectivity index (χ1n) is 7.43. The summed E-state index contributed by atoms with van der Waals surface area (Å²) in [6.45, 7) is 4.36. The first-order chi connectivity index (χ1) is 11.1. The highest BCUT2D eigenvalue weighted by molar-refractivity contribution is 7.17. The number of aromatic nitrogens is 5. The van der Waals surface area contributed by atoms with Gasteiger partial charge in [0.15, 0.2) is 11.5 Å². The van der Waals surface area contributed by atoms with Crippen molar-refractivity contribution in [3.63, 3.8) is 0 Å². The Bertz CT molecular complexity index is 1040. The molecule has 0 amide bonds. The van der Waals surface area contributed by atoms with Crippen LogP contribution in [0.15, 0.2) is 34.7 Å². The van der Waals surface area contributed by atoms with Crippen LogP contribution in [0.5, 0.6) is 0 Å². The smallest absolute Gasteiger partial charge is 0.297 e. The van der Waals surface area contributed by atoms with E-state index in [2.05, 4.69) is 39.3 Å². The van der Waals surface area contributed by atoms with Crippen LogP contribution in [0.25, 0.3) is 27.3 Å². The van der Waals surface area contributed by atoms with E-state index in [1.165, 1.54) is 10.1 Å². The number of fused-ring (bicyclic) bond motifs is 3. The van der Waals surface area contributed by atoms with Crippen LogP contribution in [0.1, 0.15) is 19.4 Å². The highest BCUT2D eigenvalue weighted by Gasteiger charge is 2.16. The summed E-state index contributed by atoms with van der Waals surface area (Å²) < 4.78 is 1.36. The molecule has 0 atom stereocenters. The molecule has 6 nitrogen and oxygen atoms in total. The number of thiophene rings is 1. The summed E-state index contributed by atoms with van der Waals surface area (Å²) >= 11 is 1.54. The molecule has 0 saturated carbocycles. The van der Waals surface area contributed by atoms with E-state index < -0.39 is 0 Å². The second-order valence-electron chi connectivity index (χ2n) is 5.90. The van der Waals surface area contributed by atoms with Crippen LogP contribution in [-0.4, -0.2) is 24.6 Å². The van der Waals surface area contributed by atoms with E-state index in [-0.39, 0.29) is 5.69 Å². The van der Waals surface area contributed by atoms with Gasteiger partial charge >= 0.3 is 5.69 Å². The second-order valence-corrected chi connectivity index (χ2v) is 6.78. The monoisotopic (exact) mass is 325 g/mol. The highest BCUT2D eigenvalue weighted by atomic mass is 32.1. The minimum absolute atomic E-state index is 0.266. The lowest BCUT2D eigenvalue weighted by atomic mass is 10.0. The van der Waals surface area contributed by atoms with Crippen LogP contribution in [0.3, 0.4) is 0 Å². The van der Waals surface area contributed by atoms with Crippen molar-refractivity contribution in [1.82, 2.24) is 24.6 Å². The molecule has 0 fully saturated rings. The minimum atomic E-state index is -0.266. The van der Waals surface area contributed by atoms with Gasteiger partial charge in [0.25, 0.3) is 0 Å². The maximum atomic E-state index is 12.3. The second kappa shape index (κ2) is 5.27. The van der Waals surface area contributed by atoms with Gasteiger partial charge in [-0.3, -0.25) is 9.97 Å². The standard InChI is InChI=1S/C16H15N5OS/c1-9(2)7-11-8-23-15-12(11)14-18-13(10-3-5-17-6-4-10)20-21(14)16(22)19-15/h3-6,8-9H,7H2,1-2H3,(H,19,22). The van der Waals surface area contributed by atoms with Gasteiger partial charge in [-0.25, -0.2) is 9.78 Å². The quantitative estimate of drug-likeness (QED) is 0.628. The third-order valence-electron chi connectivity index (χ3n) is 3.68. The molecule has 0 unspecified atom stereocenters. The molecule has 0 aliphatic heterocycles. The van der Waals surface area contributed by atoms with Crippen molar-refractivity contribution < 1.29 is 0 Å². The summed E-state index contributed by atoms with van der Waals surface area (Å²) in [6.07, 6.45) is 4.32. The zero-order valence-electron chi connectivity index (χ0n) is 12.8. The highest BCUT2D eigenvalue weighted by Crippen LogP contribution is 2.29. The Morgan fingerprint density at radius 2 is 2.09 bits per heavy atom. The average molecular weight is 325 g/mol. The van der Waals surface area contributed by atoms with Gasteiger partial charge in [-0.1, -0.05) is 13.8 Å². The molecule has 4 heterocycles. The van der Waals surface area contributed by atoms with Crippen molar-refractivity contribution in [1.29, 1.82) is 0 Å². The molecule has 0 aromatic carbocycles. The number of hydrogen-bond donors (Lipinski definition) is 1. The molecule has 0 aliphatic carbocycles. The number of aromatic amines is 1. The Hall–Kier alpha value is -2.54. The SMILES string of the molecule is CC(C)Cc1csc2[nH]c(=O)n3nc(-c4ccncc4)nc3c12. The number of nitrogens with zero attached hydrogens (tertiary/aromatic N) is 4. The molecule has 7 heteroatoms. The van der Waals surface area contributed by atoms with Crippen molar-refractivity contribution in [3.05, 3.63) is 46.0 Å². The number of rotatable bonds is 3. The van der Waals surface area contributed by atoms with Gasteiger partial charge in [0.05, 0.1) is 5.39 Å². The van der Waals surface area contributed by atoms with Crippen LogP contribution in [0.4, 0.5) is 0 Å². The lowest BCUT2D eigenvalue weighted by molar-refractivity contribution is 0.651. The lowest BCUT2D eigenvalue weighted by Crippen LogP contribution is -2.17. The first kappa shape index (κ1) is 14.1. The Kier molecular flexibility index (Phi) is 3.23. The summed E-state index contributed by atoms with van der Waals surface area (Å²) in [5.74, 6) is 1.06. The molecule has 1 N–H and O–H groups in total. The molecule has 0 aliphatic rings. The predicted molar refractivity (Wildman–Crippen MR) is 90.8 cm³/mol. The summed E-state index contributed by atoms with van der Waals surface area (Å²) in [6, 6.07) is 3.67. The normalized spacial score (nSPS) is 11.8. The molecule has 0 spiro atoms. The van der Waals surface area contributed by atoms with Crippen molar-refractivity contribution >= 4 is 27.2 Å². The maximum Gasteiger partial charge on any atom is 0.349 e. The fraction of sp³-hybridized carbons (Fsp3) is 0.250. The lowest BCUT2D eigenvalue weighted by Gasteiger charge is -2.03. The van der Waals surface area contributed by atoms with Crippen LogP contribution >= 0.6 is 11.3 Å². The molecule has 4 aromatic rings. The third kappa shape index (κ3) is 2.33. The number of nitrogens with one attached hydrogen (secondary N) is 1. The number of H-pyrrole nitrogens is 1. The number of pyridine rings is 1. The van der Waals surface area contributed by atoms with Crippen LogP contribution in [0, 0.1) is 5.92 Å². The van der Waals surface area contributed by atoms with E-state index >= 15 is 0 Å². The molecular formula is C16H15N5OS. The Labute approximate surface area is 135 Å². The van der Waals surface area contributed by atoms with Crippen molar-refractivity contribution in [2.45, 2.75) is 20.3 Å². The van der Waals surface area contributed by atoms with E-state index in [0.717, 1.165) is 22.2 Å². The summed E-state index contributed by atoms with van der Waals surface area (Å²) in [5, 5.41) is 7.47. The van der Waals surface area contributed by atoms with Crippen molar-refractivity contribution in [2.75, 3.05) is 0 Å². The van der Waals surface area contributed by atoms with E-state index in [1.54, 1.807) is 23.7 Å². The van der Waals surface area contributed by atoms with Gasteiger partial charge < -0.3 is 0 Å². The van der Waals surface area contributed by atoms with Crippen LogP contribution in [-0.2, 0) is 6.42 Å². The van der Waals surface area contributed by atoms with Gasteiger partial charge in [-0.05, 0) is 35.4 Å². The Morgan fingerprint density at radius 3 is 2.83 bits per heavy atom. The Morgan fingerprint density at radius 1 is 1.30 bits per heavy atom. The molecule has 116 valence electrons. The van der Waals surface area contributed by atoms with Crippen LogP contribution < -0.4 is 5.69 Å². The van der Waals surface area contributed by atoms with Crippen molar-refractivity contribution in [3.8, 4) is 11.4 Å². The average Bonchev–Trinajstić information content (AvgIpc) is 3.12. The first-order valence-corrected chi connectivity index (χ1v) is 8.31.